The quantitative estimate of drug-likeness (QED) is 0.479. The second-order valence-electron chi connectivity index (χ2n) is 4.98. The minimum absolute atomic E-state index is 0.398. The summed E-state index contributed by atoms with van der Waals surface area (Å²) in [5, 5.41) is 3.36. The highest BCUT2D eigenvalue weighted by Gasteiger charge is 2.05. The molecule has 0 aliphatic carbocycles. The molecule has 0 N–H and O–H groups in total. The first-order valence-electron chi connectivity index (χ1n) is 6.89. The van der Waals surface area contributed by atoms with Gasteiger partial charge >= 0.3 is 0 Å². The number of halogens is 1. The van der Waals surface area contributed by atoms with Crippen molar-refractivity contribution in [1.82, 2.24) is 4.98 Å². The highest BCUT2D eigenvalue weighted by atomic mass is 35.5. The highest BCUT2D eigenvalue weighted by Crippen LogP contribution is 2.24. The van der Waals surface area contributed by atoms with Gasteiger partial charge in [-0.25, -0.2) is 4.98 Å². The van der Waals surface area contributed by atoms with Crippen LogP contribution in [0.15, 0.2) is 71.9 Å². The normalized spacial score (nSPS) is 10.4. The van der Waals surface area contributed by atoms with Gasteiger partial charge < -0.3 is 0 Å². The lowest BCUT2D eigenvalue weighted by Gasteiger charge is -2.07. The zero-order valence-corrected chi connectivity index (χ0v) is 12.5. The number of pyridine rings is 1. The Morgan fingerprint density at radius 2 is 1.64 bits per heavy atom. The van der Waals surface area contributed by atoms with Crippen LogP contribution in [-0.4, -0.2) is 4.98 Å². The Hall–Kier alpha value is -2.52. The first kappa shape index (κ1) is 14.4. The van der Waals surface area contributed by atoms with Crippen LogP contribution in [0.1, 0.15) is 11.1 Å². The van der Waals surface area contributed by atoms with Crippen LogP contribution < -0.4 is 0 Å². The van der Waals surface area contributed by atoms with Crippen LogP contribution in [0, 0.1) is 4.91 Å². The fourth-order valence-electron chi connectivity index (χ4n) is 2.32. The molecule has 0 atom stereocenters. The average molecular weight is 309 g/mol. The van der Waals surface area contributed by atoms with Crippen LogP contribution >= 0.6 is 11.6 Å². The average Bonchev–Trinajstić information content (AvgIpc) is 2.55. The molecule has 108 valence electrons. The van der Waals surface area contributed by atoms with Crippen LogP contribution in [0.5, 0.6) is 0 Å². The van der Waals surface area contributed by atoms with E-state index in [1.165, 1.54) is 5.56 Å². The van der Waals surface area contributed by atoms with Crippen molar-refractivity contribution in [3.05, 3.63) is 87.9 Å². The van der Waals surface area contributed by atoms with Gasteiger partial charge in [0.1, 0.15) is 10.8 Å². The summed E-state index contributed by atoms with van der Waals surface area (Å²) in [6.07, 6.45) is 0.796. The van der Waals surface area contributed by atoms with E-state index in [9.17, 15) is 4.91 Å². The second kappa shape index (κ2) is 6.50. The largest absolute Gasteiger partial charge is 0.236 e. The molecule has 0 aliphatic heterocycles. The molecule has 0 radical (unpaired) electrons. The molecule has 0 bridgehead atoms. The highest BCUT2D eigenvalue weighted by molar-refractivity contribution is 6.29. The molecule has 22 heavy (non-hydrogen) atoms. The third-order valence-corrected chi connectivity index (χ3v) is 3.57. The van der Waals surface area contributed by atoms with Gasteiger partial charge in [0.2, 0.25) is 0 Å². The fourth-order valence-corrected chi connectivity index (χ4v) is 2.56. The van der Waals surface area contributed by atoms with Crippen molar-refractivity contribution in [2.75, 3.05) is 0 Å². The SMILES string of the molecule is O=Nc1ccc(-c2cc(Cc3ccccc3)cc(Cl)n2)cc1. The molecule has 0 aliphatic rings. The Kier molecular flexibility index (Phi) is 4.26. The molecule has 3 aromatic rings. The van der Waals surface area contributed by atoms with Gasteiger partial charge in [-0.1, -0.05) is 54.1 Å². The Morgan fingerprint density at radius 3 is 2.32 bits per heavy atom. The van der Waals surface area contributed by atoms with Gasteiger partial charge in [-0.2, -0.15) is 0 Å². The summed E-state index contributed by atoms with van der Waals surface area (Å²) in [5.74, 6) is 0. The van der Waals surface area contributed by atoms with Crippen molar-refractivity contribution in [3.8, 4) is 11.3 Å². The molecule has 3 nitrogen and oxygen atoms in total. The molecule has 2 aromatic carbocycles. The maximum Gasteiger partial charge on any atom is 0.130 e. The summed E-state index contributed by atoms with van der Waals surface area (Å²) >= 11 is 6.15. The van der Waals surface area contributed by atoms with E-state index in [0.29, 0.717) is 10.8 Å². The second-order valence-corrected chi connectivity index (χ2v) is 5.37. The predicted molar refractivity (Wildman–Crippen MR) is 89.4 cm³/mol. The zero-order chi connectivity index (χ0) is 15.4. The topological polar surface area (TPSA) is 42.3 Å². The zero-order valence-electron chi connectivity index (χ0n) is 11.7. The smallest absolute Gasteiger partial charge is 0.130 e. The predicted octanol–water partition coefficient (Wildman–Crippen LogP) is 5.39. The van der Waals surface area contributed by atoms with E-state index in [1.807, 2.05) is 42.5 Å². The van der Waals surface area contributed by atoms with Crippen LogP contribution in [-0.2, 0) is 6.42 Å². The standard InChI is InChI=1S/C18H13ClN2O/c19-18-12-14(10-13-4-2-1-3-5-13)11-17(20-18)15-6-8-16(21-22)9-7-15/h1-9,11-12H,10H2. The van der Waals surface area contributed by atoms with Gasteiger partial charge in [0.25, 0.3) is 0 Å². The minimum atomic E-state index is 0.398. The van der Waals surface area contributed by atoms with Gasteiger partial charge in [0, 0.05) is 5.56 Å². The van der Waals surface area contributed by atoms with Gasteiger partial charge in [0.15, 0.2) is 0 Å². The molecule has 0 fully saturated rings. The summed E-state index contributed by atoms with van der Waals surface area (Å²) < 4.78 is 0. The number of benzene rings is 2. The Morgan fingerprint density at radius 1 is 0.909 bits per heavy atom. The van der Waals surface area contributed by atoms with Crippen LogP contribution in [0.2, 0.25) is 5.15 Å². The first-order chi connectivity index (χ1) is 10.7. The van der Waals surface area contributed by atoms with E-state index in [2.05, 4.69) is 22.3 Å². The van der Waals surface area contributed by atoms with Crippen molar-refractivity contribution in [2.45, 2.75) is 6.42 Å². The summed E-state index contributed by atoms with van der Waals surface area (Å²) in [4.78, 5) is 14.8. The van der Waals surface area contributed by atoms with E-state index in [4.69, 9.17) is 11.6 Å². The van der Waals surface area contributed by atoms with Crippen molar-refractivity contribution in [3.63, 3.8) is 0 Å². The Labute approximate surface area is 133 Å². The van der Waals surface area contributed by atoms with Gasteiger partial charge in [-0.15, -0.1) is 4.91 Å². The summed E-state index contributed by atoms with van der Waals surface area (Å²) in [6, 6.07) is 21.1. The third-order valence-electron chi connectivity index (χ3n) is 3.37. The molecule has 1 aromatic heterocycles. The lowest BCUT2D eigenvalue weighted by Crippen LogP contribution is -1.92. The van der Waals surface area contributed by atoms with E-state index >= 15 is 0 Å². The third kappa shape index (κ3) is 3.38. The molecular weight excluding hydrogens is 296 g/mol. The minimum Gasteiger partial charge on any atom is -0.236 e. The molecular formula is C18H13ClN2O. The summed E-state index contributed by atoms with van der Waals surface area (Å²) in [6.45, 7) is 0. The van der Waals surface area contributed by atoms with E-state index in [1.54, 1.807) is 12.1 Å². The van der Waals surface area contributed by atoms with Crippen molar-refractivity contribution < 1.29 is 0 Å². The Balaban J connectivity index is 1.93. The fraction of sp³-hybridized carbons (Fsp3) is 0.0556. The number of aromatic nitrogens is 1. The van der Waals surface area contributed by atoms with Crippen LogP contribution in [0.3, 0.4) is 0 Å². The van der Waals surface area contributed by atoms with E-state index in [-0.39, 0.29) is 0 Å². The molecule has 1 heterocycles. The molecule has 0 spiro atoms. The molecule has 0 saturated carbocycles. The van der Waals surface area contributed by atoms with E-state index < -0.39 is 0 Å². The van der Waals surface area contributed by atoms with Crippen molar-refractivity contribution in [2.24, 2.45) is 5.18 Å². The van der Waals surface area contributed by atoms with Crippen LogP contribution in [0.4, 0.5) is 5.69 Å². The molecule has 0 amide bonds. The number of nitrogens with zero attached hydrogens (tertiary/aromatic N) is 2. The summed E-state index contributed by atoms with van der Waals surface area (Å²) in [5.41, 5.74) is 4.41. The maximum atomic E-state index is 10.5. The molecule has 3 rings (SSSR count). The number of rotatable bonds is 4. The molecule has 0 unspecified atom stereocenters. The lowest BCUT2D eigenvalue weighted by atomic mass is 10.0. The first-order valence-corrected chi connectivity index (χ1v) is 7.26. The van der Waals surface area contributed by atoms with Crippen LogP contribution in [0.25, 0.3) is 11.3 Å². The van der Waals surface area contributed by atoms with Crippen molar-refractivity contribution in [1.29, 1.82) is 0 Å². The maximum absolute atomic E-state index is 10.5. The van der Waals surface area contributed by atoms with Crippen molar-refractivity contribution >= 4 is 17.3 Å². The van der Waals surface area contributed by atoms with E-state index in [0.717, 1.165) is 23.2 Å². The molecule has 4 heteroatoms. The van der Waals surface area contributed by atoms with Gasteiger partial charge in [-0.05, 0) is 47.0 Å². The van der Waals surface area contributed by atoms with Gasteiger partial charge in [0.05, 0.1) is 5.69 Å². The number of hydrogen-bond donors (Lipinski definition) is 0. The lowest BCUT2D eigenvalue weighted by molar-refractivity contribution is 1.16. The molecule has 0 saturated heterocycles. The Bertz CT molecular complexity index is 786. The van der Waals surface area contributed by atoms with Gasteiger partial charge in [-0.3, -0.25) is 0 Å². The number of nitroso groups, excluding NO2 is 1. The summed E-state index contributed by atoms with van der Waals surface area (Å²) in [7, 11) is 0. The monoisotopic (exact) mass is 308 g/mol. The number of hydrogen-bond acceptors (Lipinski definition) is 3.